The molecule has 0 heterocycles. The third-order valence-electron chi connectivity index (χ3n) is 4.48. The van der Waals surface area contributed by atoms with E-state index in [2.05, 4.69) is 17.2 Å². The number of amides is 1. The summed E-state index contributed by atoms with van der Waals surface area (Å²) in [6.07, 6.45) is 0.767. The lowest BCUT2D eigenvalue weighted by molar-refractivity contribution is 0.103. The van der Waals surface area contributed by atoms with Crippen LogP contribution < -0.4 is 10.6 Å². The summed E-state index contributed by atoms with van der Waals surface area (Å²) in [5, 5.41) is 5.49. The summed E-state index contributed by atoms with van der Waals surface area (Å²) in [6.45, 7) is 5.28. The van der Waals surface area contributed by atoms with Crippen molar-refractivity contribution in [1.29, 1.82) is 0 Å². The van der Waals surface area contributed by atoms with Crippen LogP contribution in [-0.4, -0.2) is 18.5 Å². The summed E-state index contributed by atoms with van der Waals surface area (Å²) in [7, 11) is 0. The van der Waals surface area contributed by atoms with Gasteiger partial charge in [-0.1, -0.05) is 30.3 Å². The fourth-order valence-electron chi connectivity index (χ4n) is 2.90. The zero-order chi connectivity index (χ0) is 23.3. The smallest absolute Gasteiger partial charge is 0.411 e. The van der Waals surface area contributed by atoms with Crippen LogP contribution in [0.1, 0.15) is 21.5 Å². The van der Waals surface area contributed by atoms with Crippen LogP contribution in [0.5, 0.6) is 0 Å². The zero-order valence-electron chi connectivity index (χ0n) is 17.0. The molecular weight excluding hydrogens is 438 g/mol. The highest BCUT2D eigenvalue weighted by molar-refractivity contribution is 6.35. The molecule has 0 fully saturated rings. The maximum atomic E-state index is 13.9. The van der Waals surface area contributed by atoms with E-state index in [0.717, 1.165) is 12.1 Å². The van der Waals surface area contributed by atoms with E-state index in [-0.39, 0.29) is 28.7 Å². The molecule has 0 spiro atoms. The van der Waals surface area contributed by atoms with Crippen molar-refractivity contribution < 1.29 is 23.1 Å². The summed E-state index contributed by atoms with van der Waals surface area (Å²) in [6, 6.07) is 12.6. The van der Waals surface area contributed by atoms with Crippen molar-refractivity contribution >= 4 is 40.5 Å². The number of hydrogen-bond donors (Lipinski definition) is 2. The number of ketones is 1. The first-order valence-electron chi connectivity index (χ1n) is 9.50. The number of carbonyl (C=O) groups excluding carboxylic acids is 2. The average Bonchev–Trinajstić information content (AvgIpc) is 2.75. The van der Waals surface area contributed by atoms with Crippen LogP contribution in [-0.2, 0) is 4.74 Å². The van der Waals surface area contributed by atoms with Gasteiger partial charge in [0.05, 0.1) is 10.7 Å². The molecule has 0 saturated carbocycles. The number of halogens is 3. The monoisotopic (exact) mass is 456 g/mol. The van der Waals surface area contributed by atoms with Crippen molar-refractivity contribution in [3.8, 4) is 0 Å². The molecule has 3 rings (SSSR count). The largest absolute Gasteiger partial charge is 0.445 e. The second kappa shape index (κ2) is 10.1. The number of hydrogen-bond acceptors (Lipinski definition) is 4. The molecule has 0 atom stereocenters. The van der Waals surface area contributed by atoms with Gasteiger partial charge in [-0.2, -0.15) is 0 Å². The summed E-state index contributed by atoms with van der Waals surface area (Å²) < 4.78 is 31.8. The number of ether oxygens (including phenoxy) is 1. The number of aryl methyl sites for hydroxylation is 1. The van der Waals surface area contributed by atoms with Gasteiger partial charge in [0.15, 0.2) is 5.78 Å². The van der Waals surface area contributed by atoms with E-state index in [1.807, 2.05) is 0 Å². The van der Waals surface area contributed by atoms with E-state index >= 15 is 0 Å². The SMILES string of the molecule is C=CCOC(=O)Nc1ccc(C)c(C(=O)c2ccc(Nc3ccc(F)cc3F)cc2Cl)c1. The Morgan fingerprint density at radius 2 is 1.78 bits per heavy atom. The highest BCUT2D eigenvalue weighted by atomic mass is 35.5. The lowest BCUT2D eigenvalue weighted by Gasteiger charge is -2.12. The molecule has 2 N–H and O–H groups in total. The molecule has 0 saturated heterocycles. The quantitative estimate of drug-likeness (QED) is 0.309. The molecule has 0 aromatic heterocycles. The highest BCUT2D eigenvalue weighted by Gasteiger charge is 2.17. The van der Waals surface area contributed by atoms with Crippen molar-refractivity contribution in [2.24, 2.45) is 0 Å². The van der Waals surface area contributed by atoms with Crippen LogP contribution in [0.4, 0.5) is 30.6 Å². The van der Waals surface area contributed by atoms with Gasteiger partial charge in [-0.05, 0) is 55.0 Å². The Morgan fingerprint density at radius 3 is 2.47 bits per heavy atom. The van der Waals surface area contributed by atoms with Crippen molar-refractivity contribution in [3.63, 3.8) is 0 Å². The van der Waals surface area contributed by atoms with Crippen LogP contribution in [0.25, 0.3) is 0 Å². The molecule has 32 heavy (non-hydrogen) atoms. The predicted octanol–water partition coefficient (Wildman–Crippen LogP) is 6.64. The normalized spacial score (nSPS) is 10.4. The Hall–Kier alpha value is -3.71. The van der Waals surface area contributed by atoms with Gasteiger partial charge in [0, 0.05) is 28.6 Å². The second-order valence-electron chi connectivity index (χ2n) is 6.81. The zero-order valence-corrected chi connectivity index (χ0v) is 17.8. The van der Waals surface area contributed by atoms with Gasteiger partial charge in [0.2, 0.25) is 0 Å². The van der Waals surface area contributed by atoms with E-state index in [1.54, 1.807) is 25.1 Å². The van der Waals surface area contributed by atoms with E-state index < -0.39 is 17.7 Å². The molecule has 0 bridgehead atoms. The van der Waals surface area contributed by atoms with E-state index in [4.69, 9.17) is 16.3 Å². The number of benzene rings is 3. The minimum absolute atomic E-state index is 0.0568. The molecular formula is C24H19ClF2N2O3. The molecule has 0 aliphatic heterocycles. The Kier molecular flexibility index (Phi) is 7.22. The lowest BCUT2D eigenvalue weighted by Crippen LogP contribution is -2.14. The van der Waals surface area contributed by atoms with Gasteiger partial charge < -0.3 is 10.1 Å². The fourth-order valence-corrected chi connectivity index (χ4v) is 3.17. The van der Waals surface area contributed by atoms with Gasteiger partial charge in [-0.3, -0.25) is 10.1 Å². The summed E-state index contributed by atoms with van der Waals surface area (Å²) in [5.74, 6) is -1.80. The standard InChI is InChI=1S/C24H19ClF2N2O3/c1-3-10-32-24(31)29-16-6-4-14(2)19(12-16)23(30)18-8-7-17(13-20(18)25)28-22-9-5-15(26)11-21(22)27/h3-9,11-13,28H,1,10H2,2H3,(H,29,31). The van der Waals surface area contributed by atoms with E-state index in [0.29, 0.717) is 22.5 Å². The van der Waals surface area contributed by atoms with Crippen LogP contribution in [0.15, 0.2) is 67.3 Å². The Bertz CT molecular complexity index is 1200. The molecule has 0 aliphatic carbocycles. The summed E-state index contributed by atoms with van der Waals surface area (Å²) >= 11 is 6.33. The number of nitrogens with one attached hydrogen (secondary N) is 2. The van der Waals surface area contributed by atoms with Crippen LogP contribution in [0, 0.1) is 18.6 Å². The molecule has 5 nitrogen and oxygen atoms in total. The Balaban J connectivity index is 1.82. The molecule has 1 amide bonds. The Morgan fingerprint density at radius 1 is 1.03 bits per heavy atom. The first-order chi connectivity index (χ1) is 15.3. The first-order valence-corrected chi connectivity index (χ1v) is 9.88. The fraction of sp³-hybridized carbons (Fsp3) is 0.0833. The predicted molar refractivity (Wildman–Crippen MR) is 121 cm³/mol. The molecule has 164 valence electrons. The third kappa shape index (κ3) is 5.50. The maximum absolute atomic E-state index is 13.9. The average molecular weight is 457 g/mol. The van der Waals surface area contributed by atoms with Crippen molar-refractivity contribution in [2.75, 3.05) is 17.2 Å². The second-order valence-corrected chi connectivity index (χ2v) is 7.22. The molecule has 0 radical (unpaired) electrons. The minimum Gasteiger partial charge on any atom is -0.445 e. The van der Waals surface area contributed by atoms with Crippen molar-refractivity contribution in [2.45, 2.75) is 6.92 Å². The molecule has 0 aliphatic rings. The Labute approximate surface area is 188 Å². The van der Waals surface area contributed by atoms with Crippen molar-refractivity contribution in [1.82, 2.24) is 0 Å². The highest BCUT2D eigenvalue weighted by Crippen LogP contribution is 2.28. The van der Waals surface area contributed by atoms with E-state index in [9.17, 15) is 18.4 Å². The van der Waals surface area contributed by atoms with Gasteiger partial charge in [-0.25, -0.2) is 13.6 Å². The molecule has 8 heteroatoms. The molecule has 3 aromatic carbocycles. The van der Waals surface area contributed by atoms with Crippen LogP contribution in [0.3, 0.4) is 0 Å². The molecule has 0 unspecified atom stereocenters. The molecule has 3 aromatic rings. The van der Waals surface area contributed by atoms with Crippen LogP contribution in [0.2, 0.25) is 5.02 Å². The summed E-state index contributed by atoms with van der Waals surface area (Å²) in [4.78, 5) is 24.8. The third-order valence-corrected chi connectivity index (χ3v) is 4.80. The number of rotatable bonds is 7. The van der Waals surface area contributed by atoms with Gasteiger partial charge in [0.1, 0.15) is 18.2 Å². The van der Waals surface area contributed by atoms with Crippen LogP contribution >= 0.6 is 11.6 Å². The number of carbonyl (C=O) groups is 2. The lowest BCUT2D eigenvalue weighted by atomic mass is 9.98. The van der Waals surface area contributed by atoms with Gasteiger partial charge in [-0.15, -0.1) is 0 Å². The number of anilines is 3. The topological polar surface area (TPSA) is 67.4 Å². The van der Waals surface area contributed by atoms with Gasteiger partial charge in [0.25, 0.3) is 0 Å². The minimum atomic E-state index is -0.757. The summed E-state index contributed by atoms with van der Waals surface area (Å²) in [5.41, 5.74) is 2.14. The van der Waals surface area contributed by atoms with Gasteiger partial charge >= 0.3 is 6.09 Å². The van der Waals surface area contributed by atoms with Crippen molar-refractivity contribution in [3.05, 3.63) is 101 Å². The maximum Gasteiger partial charge on any atom is 0.411 e. The van der Waals surface area contributed by atoms with E-state index in [1.165, 1.54) is 30.3 Å². The first kappa shape index (κ1) is 23.0.